The van der Waals surface area contributed by atoms with Gasteiger partial charge in [0.15, 0.2) is 23.4 Å². The molecule has 0 amide bonds. The van der Waals surface area contributed by atoms with Crippen molar-refractivity contribution in [2.75, 3.05) is 0 Å². The van der Waals surface area contributed by atoms with Crippen molar-refractivity contribution in [3.8, 4) is 34.5 Å². The lowest BCUT2D eigenvalue weighted by Gasteiger charge is -2.32. The SMILES string of the molecule is O=CCCCC(O)c1c(O)cc2c(c1O)CC(O)C(c1cc(O)c(O)c(O)c1)O2. The topological polar surface area (TPSA) is 168 Å². The molecular weight excluding hydrogens is 384 g/mol. The Bertz CT molecular complexity index is 902. The first kappa shape index (κ1) is 20.6. The summed E-state index contributed by atoms with van der Waals surface area (Å²) in [6, 6.07) is 3.45. The third kappa shape index (κ3) is 3.87. The maximum absolute atomic E-state index is 10.5. The molecule has 9 nitrogen and oxygen atoms in total. The van der Waals surface area contributed by atoms with Gasteiger partial charge in [0.05, 0.1) is 17.8 Å². The number of aliphatic hydroxyl groups is 2. The predicted molar refractivity (Wildman–Crippen MR) is 99.2 cm³/mol. The Morgan fingerprint density at radius 1 is 1.03 bits per heavy atom. The predicted octanol–water partition coefficient (Wildman–Crippen LogP) is 1.65. The van der Waals surface area contributed by atoms with Gasteiger partial charge in [0.25, 0.3) is 0 Å². The van der Waals surface area contributed by atoms with Crippen molar-refractivity contribution in [2.45, 2.75) is 44.0 Å². The number of aliphatic hydroxyl groups excluding tert-OH is 2. The molecule has 0 radical (unpaired) electrons. The summed E-state index contributed by atoms with van der Waals surface area (Å²) in [5.41, 5.74) is 0.250. The number of carbonyl (C=O) groups excluding carboxylic acids is 1. The van der Waals surface area contributed by atoms with E-state index in [1.165, 1.54) is 6.07 Å². The molecule has 0 saturated heterocycles. The minimum absolute atomic E-state index is 0.0613. The van der Waals surface area contributed by atoms with Gasteiger partial charge in [0.1, 0.15) is 23.5 Å². The van der Waals surface area contributed by atoms with Crippen LogP contribution in [0.3, 0.4) is 0 Å². The van der Waals surface area contributed by atoms with E-state index in [9.17, 15) is 40.5 Å². The average molecular weight is 406 g/mol. The van der Waals surface area contributed by atoms with Crippen molar-refractivity contribution in [3.63, 3.8) is 0 Å². The molecule has 0 aliphatic carbocycles. The minimum Gasteiger partial charge on any atom is -0.507 e. The van der Waals surface area contributed by atoms with E-state index in [0.29, 0.717) is 12.7 Å². The Hall–Kier alpha value is -3.17. The molecule has 2 aromatic carbocycles. The first-order valence-corrected chi connectivity index (χ1v) is 9.03. The van der Waals surface area contributed by atoms with Crippen LogP contribution in [-0.2, 0) is 11.2 Å². The number of phenols is 5. The third-order valence-corrected chi connectivity index (χ3v) is 4.95. The molecule has 1 heterocycles. The van der Waals surface area contributed by atoms with Gasteiger partial charge < -0.3 is 45.3 Å². The quantitative estimate of drug-likeness (QED) is 0.214. The standard InChI is InChI=1S/C20H22O9/c21-4-2-1-3-11(22)17-12(23)8-16-10(18(17)27)7-15(26)20(29-16)9-5-13(24)19(28)14(25)6-9/h4-6,8,11,15,20,22-28H,1-3,7H2. The lowest BCUT2D eigenvalue weighted by Crippen LogP contribution is -2.30. The molecule has 1 aliphatic rings. The molecule has 3 rings (SSSR count). The normalized spacial score (nSPS) is 19.2. The van der Waals surface area contributed by atoms with E-state index in [1.54, 1.807) is 0 Å². The van der Waals surface area contributed by atoms with Crippen molar-refractivity contribution >= 4 is 6.29 Å². The maximum Gasteiger partial charge on any atom is 0.200 e. The third-order valence-electron chi connectivity index (χ3n) is 4.95. The molecule has 9 heteroatoms. The van der Waals surface area contributed by atoms with Gasteiger partial charge in [-0.25, -0.2) is 0 Å². The van der Waals surface area contributed by atoms with Crippen molar-refractivity contribution in [3.05, 3.63) is 34.9 Å². The van der Waals surface area contributed by atoms with Crippen LogP contribution in [0.1, 0.15) is 48.2 Å². The van der Waals surface area contributed by atoms with Crippen LogP contribution in [0.5, 0.6) is 34.5 Å². The number of hydrogen-bond donors (Lipinski definition) is 7. The number of unbranched alkanes of at least 4 members (excludes halogenated alkanes) is 1. The molecule has 3 unspecified atom stereocenters. The highest BCUT2D eigenvalue weighted by molar-refractivity contribution is 5.59. The number of aromatic hydroxyl groups is 5. The van der Waals surface area contributed by atoms with Gasteiger partial charge in [-0.05, 0) is 25.0 Å². The van der Waals surface area contributed by atoms with Crippen LogP contribution in [0.15, 0.2) is 18.2 Å². The monoisotopic (exact) mass is 406 g/mol. The van der Waals surface area contributed by atoms with Gasteiger partial charge in [0.2, 0.25) is 0 Å². The summed E-state index contributed by atoms with van der Waals surface area (Å²) in [5, 5.41) is 70.4. The summed E-state index contributed by atoms with van der Waals surface area (Å²) in [7, 11) is 0. The molecule has 0 aromatic heterocycles. The Labute approximate surface area is 165 Å². The molecule has 0 saturated carbocycles. The molecule has 2 aromatic rings. The molecule has 3 atom stereocenters. The van der Waals surface area contributed by atoms with Crippen LogP contribution in [0, 0.1) is 0 Å². The average Bonchev–Trinajstić information content (AvgIpc) is 2.66. The highest BCUT2D eigenvalue weighted by atomic mass is 16.5. The number of carbonyl (C=O) groups is 1. The molecule has 1 aliphatic heterocycles. The number of ether oxygens (including phenoxy) is 1. The molecular formula is C20H22O9. The Morgan fingerprint density at radius 2 is 1.69 bits per heavy atom. The number of benzene rings is 2. The van der Waals surface area contributed by atoms with Gasteiger partial charge in [-0.2, -0.15) is 0 Å². The van der Waals surface area contributed by atoms with E-state index in [1.807, 2.05) is 0 Å². The summed E-state index contributed by atoms with van der Waals surface area (Å²) in [6.07, 6.45) is -2.08. The van der Waals surface area contributed by atoms with Gasteiger partial charge in [-0.1, -0.05) is 0 Å². The molecule has 156 valence electrons. The number of hydrogen-bond acceptors (Lipinski definition) is 9. The van der Waals surface area contributed by atoms with Crippen LogP contribution in [-0.4, -0.2) is 48.1 Å². The van der Waals surface area contributed by atoms with Crippen molar-refractivity contribution < 1.29 is 45.3 Å². The second kappa shape index (κ2) is 8.06. The van der Waals surface area contributed by atoms with E-state index in [-0.39, 0.29) is 41.7 Å². The maximum atomic E-state index is 10.5. The van der Waals surface area contributed by atoms with Gasteiger partial charge >= 0.3 is 0 Å². The summed E-state index contributed by atoms with van der Waals surface area (Å²) >= 11 is 0. The molecule has 7 N–H and O–H groups in total. The van der Waals surface area contributed by atoms with Gasteiger partial charge in [-0.3, -0.25) is 0 Å². The van der Waals surface area contributed by atoms with Crippen molar-refractivity contribution in [1.82, 2.24) is 0 Å². The fourth-order valence-corrected chi connectivity index (χ4v) is 3.47. The second-order valence-electron chi connectivity index (χ2n) is 6.97. The van der Waals surface area contributed by atoms with Crippen LogP contribution in [0.25, 0.3) is 0 Å². The molecule has 0 bridgehead atoms. The summed E-state index contributed by atoms with van der Waals surface area (Å²) in [5.74, 6) is -2.66. The van der Waals surface area contributed by atoms with Gasteiger partial charge in [-0.15, -0.1) is 0 Å². The summed E-state index contributed by atoms with van der Waals surface area (Å²) < 4.78 is 5.67. The van der Waals surface area contributed by atoms with Crippen LogP contribution in [0.4, 0.5) is 0 Å². The van der Waals surface area contributed by atoms with Crippen LogP contribution < -0.4 is 4.74 Å². The van der Waals surface area contributed by atoms with Crippen molar-refractivity contribution in [2.24, 2.45) is 0 Å². The first-order valence-electron chi connectivity index (χ1n) is 9.03. The zero-order valence-electron chi connectivity index (χ0n) is 15.3. The Morgan fingerprint density at radius 3 is 2.31 bits per heavy atom. The smallest absolute Gasteiger partial charge is 0.200 e. The molecule has 0 fully saturated rings. The van der Waals surface area contributed by atoms with E-state index >= 15 is 0 Å². The lowest BCUT2D eigenvalue weighted by atomic mass is 9.90. The van der Waals surface area contributed by atoms with E-state index in [2.05, 4.69) is 0 Å². The van der Waals surface area contributed by atoms with Gasteiger partial charge in [0, 0.05) is 30.0 Å². The molecule has 29 heavy (non-hydrogen) atoms. The highest BCUT2D eigenvalue weighted by Gasteiger charge is 2.35. The summed E-state index contributed by atoms with van der Waals surface area (Å²) in [6.45, 7) is 0. The van der Waals surface area contributed by atoms with Crippen LogP contribution >= 0.6 is 0 Å². The fraction of sp³-hybridized carbons (Fsp3) is 0.350. The Kier molecular flexibility index (Phi) is 5.71. The molecule has 0 spiro atoms. The highest BCUT2D eigenvalue weighted by Crippen LogP contribution is 2.48. The Balaban J connectivity index is 1.94. The first-order chi connectivity index (χ1) is 13.7. The zero-order valence-corrected chi connectivity index (χ0v) is 15.3. The lowest BCUT2D eigenvalue weighted by molar-refractivity contribution is -0.108. The second-order valence-corrected chi connectivity index (χ2v) is 6.97. The largest absolute Gasteiger partial charge is 0.507 e. The van der Waals surface area contributed by atoms with Crippen molar-refractivity contribution in [1.29, 1.82) is 0 Å². The number of rotatable bonds is 6. The zero-order chi connectivity index (χ0) is 21.3. The number of fused-ring (bicyclic) bond motifs is 1. The minimum atomic E-state index is -1.21. The number of phenolic OH excluding ortho intramolecular Hbond substituents is 5. The fourth-order valence-electron chi connectivity index (χ4n) is 3.47. The summed E-state index contributed by atoms with van der Waals surface area (Å²) in [4.78, 5) is 10.4. The van der Waals surface area contributed by atoms with E-state index in [0.717, 1.165) is 12.1 Å². The van der Waals surface area contributed by atoms with E-state index in [4.69, 9.17) is 4.74 Å². The van der Waals surface area contributed by atoms with Crippen LogP contribution in [0.2, 0.25) is 0 Å². The number of aldehydes is 1. The van der Waals surface area contributed by atoms with E-state index < -0.39 is 47.1 Å².